The van der Waals surface area contributed by atoms with Crippen molar-refractivity contribution in [3.05, 3.63) is 28.2 Å². The van der Waals surface area contributed by atoms with E-state index in [1.807, 2.05) is 12.1 Å². The van der Waals surface area contributed by atoms with Crippen molar-refractivity contribution < 1.29 is 4.74 Å². The molecule has 0 radical (unpaired) electrons. The summed E-state index contributed by atoms with van der Waals surface area (Å²) in [4.78, 5) is 2.27. The van der Waals surface area contributed by atoms with Crippen LogP contribution in [0.25, 0.3) is 0 Å². The van der Waals surface area contributed by atoms with Gasteiger partial charge in [0.15, 0.2) is 0 Å². The topological polar surface area (TPSA) is 24.5 Å². The first-order valence-electron chi connectivity index (χ1n) is 6.36. The molecule has 3 nitrogen and oxygen atoms in total. The van der Waals surface area contributed by atoms with Crippen LogP contribution in [0, 0.1) is 0 Å². The Hall–Kier alpha value is -0.580. The Labute approximate surface area is 118 Å². The van der Waals surface area contributed by atoms with Crippen molar-refractivity contribution in [2.24, 2.45) is 0 Å². The highest BCUT2D eigenvalue weighted by atomic mass is 79.9. The molecule has 2 atom stereocenters. The van der Waals surface area contributed by atoms with Gasteiger partial charge in [0.1, 0.15) is 5.75 Å². The minimum absolute atomic E-state index is 0.347. The zero-order valence-corrected chi connectivity index (χ0v) is 12.8. The first-order valence-corrected chi connectivity index (χ1v) is 7.16. The van der Waals surface area contributed by atoms with Gasteiger partial charge in [0.05, 0.1) is 13.2 Å². The SMILES string of the molecule is COc1ccc(Br)cc1C(C1CCCN1)N(C)C. The van der Waals surface area contributed by atoms with Crippen molar-refractivity contribution in [3.8, 4) is 5.75 Å². The maximum atomic E-state index is 5.52. The van der Waals surface area contributed by atoms with E-state index >= 15 is 0 Å². The Morgan fingerprint density at radius 1 is 1.44 bits per heavy atom. The van der Waals surface area contributed by atoms with Crippen LogP contribution in [0.15, 0.2) is 22.7 Å². The predicted molar refractivity (Wildman–Crippen MR) is 78.1 cm³/mol. The van der Waals surface area contributed by atoms with Crippen molar-refractivity contribution in [1.29, 1.82) is 0 Å². The summed E-state index contributed by atoms with van der Waals surface area (Å²) in [6, 6.07) is 7.08. The molecule has 0 aliphatic carbocycles. The van der Waals surface area contributed by atoms with Crippen LogP contribution in [0.5, 0.6) is 5.75 Å². The molecule has 2 unspecified atom stereocenters. The van der Waals surface area contributed by atoms with Gasteiger partial charge in [-0.1, -0.05) is 15.9 Å². The molecular formula is C14H21BrN2O. The molecule has 1 heterocycles. The molecule has 1 aliphatic rings. The minimum atomic E-state index is 0.347. The molecule has 100 valence electrons. The Balaban J connectivity index is 2.37. The van der Waals surface area contributed by atoms with Crippen molar-refractivity contribution in [3.63, 3.8) is 0 Å². The predicted octanol–water partition coefficient (Wildman–Crippen LogP) is 2.81. The van der Waals surface area contributed by atoms with Crippen molar-refractivity contribution in [2.75, 3.05) is 27.7 Å². The van der Waals surface area contributed by atoms with E-state index in [9.17, 15) is 0 Å². The maximum absolute atomic E-state index is 5.52. The number of nitrogens with one attached hydrogen (secondary N) is 1. The van der Waals surface area contributed by atoms with Crippen LogP contribution in [0.2, 0.25) is 0 Å². The number of rotatable bonds is 4. The third-order valence-corrected chi connectivity index (χ3v) is 4.04. The van der Waals surface area contributed by atoms with Gasteiger partial charge in [0, 0.05) is 16.1 Å². The Kier molecular flexibility index (Phi) is 4.65. The summed E-state index contributed by atoms with van der Waals surface area (Å²) >= 11 is 3.56. The molecule has 1 aliphatic heterocycles. The highest BCUT2D eigenvalue weighted by Crippen LogP contribution is 2.35. The molecule has 18 heavy (non-hydrogen) atoms. The average molecular weight is 313 g/mol. The molecule has 1 aromatic carbocycles. The van der Waals surface area contributed by atoms with Gasteiger partial charge in [0.2, 0.25) is 0 Å². The van der Waals surface area contributed by atoms with Crippen LogP contribution in [0.1, 0.15) is 24.4 Å². The molecule has 1 aromatic rings. The van der Waals surface area contributed by atoms with Crippen LogP contribution in [-0.4, -0.2) is 38.7 Å². The molecule has 1 fully saturated rings. The quantitative estimate of drug-likeness (QED) is 0.925. The van der Waals surface area contributed by atoms with Crippen LogP contribution < -0.4 is 10.1 Å². The fraction of sp³-hybridized carbons (Fsp3) is 0.571. The molecule has 1 saturated heterocycles. The van der Waals surface area contributed by atoms with Gasteiger partial charge in [-0.3, -0.25) is 0 Å². The summed E-state index contributed by atoms with van der Waals surface area (Å²) in [5.41, 5.74) is 1.25. The summed E-state index contributed by atoms with van der Waals surface area (Å²) in [5, 5.41) is 3.59. The van der Waals surface area contributed by atoms with Crippen LogP contribution >= 0.6 is 15.9 Å². The minimum Gasteiger partial charge on any atom is -0.496 e. The van der Waals surface area contributed by atoms with E-state index < -0.39 is 0 Å². The first kappa shape index (κ1) is 13.8. The van der Waals surface area contributed by atoms with Gasteiger partial charge in [0.25, 0.3) is 0 Å². The van der Waals surface area contributed by atoms with Gasteiger partial charge in [-0.2, -0.15) is 0 Å². The van der Waals surface area contributed by atoms with E-state index in [4.69, 9.17) is 4.74 Å². The zero-order valence-electron chi connectivity index (χ0n) is 11.2. The van der Waals surface area contributed by atoms with Gasteiger partial charge >= 0.3 is 0 Å². The lowest BCUT2D eigenvalue weighted by molar-refractivity contribution is 0.237. The second-order valence-corrected chi connectivity index (χ2v) is 5.91. The smallest absolute Gasteiger partial charge is 0.123 e. The van der Waals surface area contributed by atoms with Gasteiger partial charge in [-0.05, 0) is 51.7 Å². The normalized spacial score (nSPS) is 21.3. The number of halogens is 1. The van der Waals surface area contributed by atoms with E-state index in [1.54, 1.807) is 7.11 Å². The van der Waals surface area contributed by atoms with E-state index in [2.05, 4.69) is 46.3 Å². The molecule has 0 aromatic heterocycles. The van der Waals surface area contributed by atoms with Crippen molar-refractivity contribution >= 4 is 15.9 Å². The lowest BCUT2D eigenvalue weighted by Crippen LogP contribution is -2.37. The summed E-state index contributed by atoms with van der Waals surface area (Å²) in [5.74, 6) is 0.964. The fourth-order valence-electron chi connectivity index (χ4n) is 2.77. The second-order valence-electron chi connectivity index (χ2n) is 5.00. The lowest BCUT2D eigenvalue weighted by Gasteiger charge is -2.31. The Bertz CT molecular complexity index is 403. The standard InChI is InChI=1S/C14H21BrN2O/c1-17(2)14(12-5-4-8-16-12)11-9-10(15)6-7-13(11)18-3/h6-7,9,12,14,16H,4-5,8H2,1-3H3. The van der Waals surface area contributed by atoms with E-state index in [0.717, 1.165) is 16.8 Å². The highest BCUT2D eigenvalue weighted by Gasteiger charge is 2.29. The Morgan fingerprint density at radius 3 is 2.78 bits per heavy atom. The number of hydrogen-bond acceptors (Lipinski definition) is 3. The summed E-state index contributed by atoms with van der Waals surface area (Å²) in [6.07, 6.45) is 2.48. The average Bonchev–Trinajstić information content (AvgIpc) is 2.83. The number of nitrogens with zero attached hydrogens (tertiary/aromatic N) is 1. The maximum Gasteiger partial charge on any atom is 0.123 e. The molecule has 0 amide bonds. The molecule has 1 N–H and O–H groups in total. The van der Waals surface area contributed by atoms with Gasteiger partial charge in [-0.25, -0.2) is 0 Å². The van der Waals surface area contributed by atoms with Crippen molar-refractivity contribution in [1.82, 2.24) is 10.2 Å². The third kappa shape index (κ3) is 2.87. The van der Waals surface area contributed by atoms with Crippen LogP contribution in [0.3, 0.4) is 0 Å². The number of benzene rings is 1. The monoisotopic (exact) mass is 312 g/mol. The van der Waals surface area contributed by atoms with E-state index in [0.29, 0.717) is 12.1 Å². The molecular weight excluding hydrogens is 292 g/mol. The van der Waals surface area contributed by atoms with Crippen LogP contribution in [0.4, 0.5) is 0 Å². The third-order valence-electron chi connectivity index (χ3n) is 3.55. The Morgan fingerprint density at radius 2 is 2.22 bits per heavy atom. The molecule has 2 rings (SSSR count). The fourth-order valence-corrected chi connectivity index (χ4v) is 3.15. The van der Waals surface area contributed by atoms with Gasteiger partial charge < -0.3 is 15.0 Å². The van der Waals surface area contributed by atoms with E-state index in [-0.39, 0.29) is 0 Å². The number of hydrogen-bond donors (Lipinski definition) is 1. The summed E-state index contributed by atoms with van der Waals surface area (Å²) < 4.78 is 6.62. The summed E-state index contributed by atoms with van der Waals surface area (Å²) in [7, 11) is 6.00. The highest BCUT2D eigenvalue weighted by molar-refractivity contribution is 9.10. The van der Waals surface area contributed by atoms with Crippen molar-refractivity contribution in [2.45, 2.75) is 24.9 Å². The second kappa shape index (κ2) is 6.04. The number of likely N-dealkylation sites (N-methyl/N-ethyl adjacent to an activating group) is 1. The molecule has 0 bridgehead atoms. The van der Waals surface area contributed by atoms with E-state index in [1.165, 1.54) is 18.4 Å². The number of methoxy groups -OCH3 is 1. The first-order chi connectivity index (χ1) is 8.63. The molecule has 4 heteroatoms. The van der Waals surface area contributed by atoms with Gasteiger partial charge in [-0.15, -0.1) is 0 Å². The molecule has 0 saturated carbocycles. The molecule has 0 spiro atoms. The largest absolute Gasteiger partial charge is 0.496 e. The lowest BCUT2D eigenvalue weighted by atomic mass is 9.96. The zero-order chi connectivity index (χ0) is 13.1. The number of ether oxygens (including phenoxy) is 1. The van der Waals surface area contributed by atoms with Crippen LogP contribution in [-0.2, 0) is 0 Å². The summed E-state index contributed by atoms with van der Waals surface area (Å²) in [6.45, 7) is 1.12.